The summed E-state index contributed by atoms with van der Waals surface area (Å²) in [5, 5.41) is 3.73. The van der Waals surface area contributed by atoms with Crippen LogP contribution in [0.4, 0.5) is 0 Å². The second-order valence-electron chi connectivity index (χ2n) is 3.24. The maximum atomic E-state index is 10.4. The number of hydrogen-bond donors (Lipinski definition) is 0. The summed E-state index contributed by atoms with van der Waals surface area (Å²) in [7, 11) is 0. The van der Waals surface area contributed by atoms with Gasteiger partial charge in [-0.05, 0) is 18.9 Å². The van der Waals surface area contributed by atoms with E-state index in [1.165, 1.54) is 0 Å². The van der Waals surface area contributed by atoms with Gasteiger partial charge >= 0.3 is 0 Å². The summed E-state index contributed by atoms with van der Waals surface area (Å²) in [5.74, 6) is 0.465. The molecule has 0 amide bonds. The first-order chi connectivity index (χ1) is 5.90. The van der Waals surface area contributed by atoms with Crippen molar-refractivity contribution in [2.24, 2.45) is 11.1 Å². The Morgan fingerprint density at radius 2 is 2.58 bits per heavy atom. The lowest BCUT2D eigenvalue weighted by molar-refractivity contribution is -0.103. The van der Waals surface area contributed by atoms with Gasteiger partial charge in [0.25, 0.3) is 0 Å². The van der Waals surface area contributed by atoms with E-state index in [4.69, 9.17) is 4.84 Å². The Balaban J connectivity index is 2.12. The zero-order valence-electron chi connectivity index (χ0n) is 6.77. The van der Waals surface area contributed by atoms with E-state index in [-0.39, 0.29) is 6.10 Å². The van der Waals surface area contributed by atoms with Crippen LogP contribution in [0.5, 0.6) is 0 Å². The van der Waals surface area contributed by atoms with Crippen molar-refractivity contribution in [2.45, 2.75) is 25.4 Å². The van der Waals surface area contributed by atoms with Crippen LogP contribution in [-0.2, 0) is 9.63 Å². The van der Waals surface area contributed by atoms with Crippen LogP contribution >= 0.6 is 0 Å². The molecule has 3 nitrogen and oxygen atoms in total. The van der Waals surface area contributed by atoms with E-state index in [1.807, 2.05) is 6.08 Å². The lowest BCUT2D eigenvalue weighted by atomic mass is 9.87. The molecular formula is C9H11NO2. The number of carbonyl (C=O) groups excluding carboxylic acids is 1. The van der Waals surface area contributed by atoms with Gasteiger partial charge in [-0.25, -0.2) is 0 Å². The lowest BCUT2D eigenvalue weighted by Gasteiger charge is -2.28. The Hall–Kier alpha value is -1.12. The molecule has 2 atom stereocenters. The molecule has 0 aromatic carbocycles. The highest BCUT2D eigenvalue weighted by atomic mass is 16.6. The molecule has 0 radical (unpaired) electrons. The van der Waals surface area contributed by atoms with Gasteiger partial charge in [0, 0.05) is 12.3 Å². The van der Waals surface area contributed by atoms with E-state index in [0.717, 1.165) is 25.5 Å². The van der Waals surface area contributed by atoms with Crippen molar-refractivity contribution >= 4 is 12.0 Å². The third kappa shape index (κ3) is 1.26. The number of rotatable bonds is 1. The third-order valence-corrected chi connectivity index (χ3v) is 2.39. The van der Waals surface area contributed by atoms with Gasteiger partial charge in [-0.3, -0.25) is 4.79 Å². The summed E-state index contributed by atoms with van der Waals surface area (Å²) < 4.78 is 0. The summed E-state index contributed by atoms with van der Waals surface area (Å²) in [4.78, 5) is 15.6. The second-order valence-corrected chi connectivity index (χ2v) is 3.24. The first kappa shape index (κ1) is 7.53. The first-order valence-corrected chi connectivity index (χ1v) is 4.24. The lowest BCUT2D eigenvalue weighted by Crippen LogP contribution is -2.30. The number of nitrogens with zero attached hydrogens (tertiary/aromatic N) is 1. The van der Waals surface area contributed by atoms with Crippen molar-refractivity contribution in [3.05, 3.63) is 12.2 Å². The van der Waals surface area contributed by atoms with Gasteiger partial charge in [0.1, 0.15) is 11.8 Å². The van der Waals surface area contributed by atoms with Crippen LogP contribution in [0.25, 0.3) is 0 Å². The maximum absolute atomic E-state index is 10.4. The highest BCUT2D eigenvalue weighted by Gasteiger charge is 2.28. The average molecular weight is 165 g/mol. The molecule has 12 heavy (non-hydrogen) atoms. The molecule has 0 N–H and O–H groups in total. The Bertz CT molecular complexity index is 245. The molecule has 1 heterocycles. The Morgan fingerprint density at radius 3 is 3.42 bits per heavy atom. The monoisotopic (exact) mass is 165 g/mol. The van der Waals surface area contributed by atoms with Crippen molar-refractivity contribution in [1.82, 2.24) is 0 Å². The van der Waals surface area contributed by atoms with Gasteiger partial charge in [-0.2, -0.15) is 0 Å². The standard InChI is InChI=1S/C9H11NO2/c11-6-8-5-7-3-1-2-4-9(7)12-10-8/h2,4,6-7,9H,1,3,5H2/t7-,9-/m0/s1. The fourth-order valence-corrected chi connectivity index (χ4v) is 1.71. The average Bonchev–Trinajstić information content (AvgIpc) is 2.17. The molecule has 1 aliphatic heterocycles. The molecule has 0 saturated heterocycles. The largest absolute Gasteiger partial charge is 0.388 e. The number of oxime groups is 1. The smallest absolute Gasteiger partial charge is 0.167 e. The molecule has 0 unspecified atom stereocenters. The van der Waals surface area contributed by atoms with Gasteiger partial charge in [0.2, 0.25) is 0 Å². The van der Waals surface area contributed by atoms with Crippen molar-refractivity contribution in [3.8, 4) is 0 Å². The minimum absolute atomic E-state index is 0.113. The summed E-state index contributed by atoms with van der Waals surface area (Å²) in [5.41, 5.74) is 0.548. The predicted molar refractivity (Wildman–Crippen MR) is 44.9 cm³/mol. The highest BCUT2D eigenvalue weighted by Crippen LogP contribution is 2.27. The quantitative estimate of drug-likeness (QED) is 0.434. The predicted octanol–water partition coefficient (Wildman–Crippen LogP) is 1.30. The molecular weight excluding hydrogens is 154 g/mol. The van der Waals surface area contributed by atoms with Gasteiger partial charge in [0.15, 0.2) is 6.29 Å². The molecule has 64 valence electrons. The molecule has 1 aliphatic carbocycles. The van der Waals surface area contributed by atoms with Crippen molar-refractivity contribution in [3.63, 3.8) is 0 Å². The summed E-state index contributed by atoms with van der Waals surface area (Å²) in [6.07, 6.45) is 8.03. The van der Waals surface area contributed by atoms with Crippen LogP contribution in [0.15, 0.2) is 17.3 Å². The van der Waals surface area contributed by atoms with Crippen LogP contribution in [0, 0.1) is 5.92 Å². The Morgan fingerprint density at radius 1 is 1.67 bits per heavy atom. The number of aldehydes is 1. The van der Waals surface area contributed by atoms with Gasteiger partial charge in [-0.1, -0.05) is 11.2 Å². The zero-order valence-corrected chi connectivity index (χ0v) is 6.77. The SMILES string of the molecule is O=CC1=NO[C@H]2C=CCC[C@H]2C1. The molecule has 0 aromatic rings. The molecule has 0 aromatic heterocycles. The zero-order chi connectivity index (χ0) is 8.39. The van der Waals surface area contributed by atoms with Gasteiger partial charge in [-0.15, -0.1) is 0 Å². The van der Waals surface area contributed by atoms with Crippen molar-refractivity contribution < 1.29 is 9.63 Å². The normalized spacial score (nSPS) is 33.2. The van der Waals surface area contributed by atoms with Crippen LogP contribution in [-0.4, -0.2) is 18.1 Å². The van der Waals surface area contributed by atoms with E-state index in [2.05, 4.69) is 11.2 Å². The van der Waals surface area contributed by atoms with Crippen LogP contribution in [0.2, 0.25) is 0 Å². The highest BCUT2D eigenvalue weighted by molar-refractivity contribution is 6.28. The molecule has 0 fully saturated rings. The minimum atomic E-state index is 0.113. The molecule has 0 saturated carbocycles. The van der Waals surface area contributed by atoms with Crippen molar-refractivity contribution in [1.29, 1.82) is 0 Å². The number of hydrogen-bond acceptors (Lipinski definition) is 3. The number of carbonyl (C=O) groups is 1. The fourth-order valence-electron chi connectivity index (χ4n) is 1.71. The minimum Gasteiger partial charge on any atom is -0.388 e. The number of allylic oxidation sites excluding steroid dienone is 1. The molecule has 0 bridgehead atoms. The van der Waals surface area contributed by atoms with Crippen LogP contribution in [0.3, 0.4) is 0 Å². The van der Waals surface area contributed by atoms with E-state index < -0.39 is 0 Å². The van der Waals surface area contributed by atoms with Crippen molar-refractivity contribution in [2.75, 3.05) is 0 Å². The molecule has 0 spiro atoms. The summed E-state index contributed by atoms with van der Waals surface area (Å²) >= 11 is 0. The van der Waals surface area contributed by atoms with E-state index in [1.54, 1.807) is 0 Å². The molecule has 2 rings (SSSR count). The van der Waals surface area contributed by atoms with Gasteiger partial charge < -0.3 is 4.84 Å². The first-order valence-electron chi connectivity index (χ1n) is 4.24. The molecule has 2 aliphatic rings. The number of fused-ring (bicyclic) bond motifs is 1. The topological polar surface area (TPSA) is 38.7 Å². The Kier molecular flexibility index (Phi) is 1.94. The third-order valence-electron chi connectivity index (χ3n) is 2.39. The summed E-state index contributed by atoms with van der Waals surface area (Å²) in [6, 6.07) is 0. The van der Waals surface area contributed by atoms with Crippen LogP contribution in [0.1, 0.15) is 19.3 Å². The fraction of sp³-hybridized carbons (Fsp3) is 0.556. The van der Waals surface area contributed by atoms with E-state index in [0.29, 0.717) is 11.6 Å². The summed E-state index contributed by atoms with van der Waals surface area (Å²) in [6.45, 7) is 0. The van der Waals surface area contributed by atoms with E-state index >= 15 is 0 Å². The maximum Gasteiger partial charge on any atom is 0.167 e. The Labute approximate surface area is 71.1 Å². The van der Waals surface area contributed by atoms with Crippen LogP contribution < -0.4 is 0 Å². The second kappa shape index (κ2) is 3.09. The molecule has 3 heteroatoms. The van der Waals surface area contributed by atoms with Gasteiger partial charge in [0.05, 0.1) is 0 Å². The van der Waals surface area contributed by atoms with E-state index in [9.17, 15) is 4.79 Å².